The van der Waals surface area contributed by atoms with Gasteiger partial charge in [0, 0.05) is 24.5 Å². The summed E-state index contributed by atoms with van der Waals surface area (Å²) in [5.41, 5.74) is 6.62. The highest BCUT2D eigenvalue weighted by Gasteiger charge is 2.21. The molecule has 0 bridgehead atoms. The van der Waals surface area contributed by atoms with Crippen molar-refractivity contribution < 1.29 is 9.90 Å². The molecule has 0 radical (unpaired) electrons. The molecule has 6 heteroatoms. The number of nitrogens with two attached hydrogens (primary N) is 1. The molecule has 3 N–H and O–H groups in total. The molecule has 2 heterocycles. The molecule has 0 spiro atoms. The van der Waals surface area contributed by atoms with Crippen LogP contribution in [0.4, 0.5) is 5.82 Å². The number of aromatic nitrogens is 1. The minimum atomic E-state index is -1.04. The number of carboxylic acid groups (broad SMARTS) is 1. The molecule has 1 aromatic heterocycles. The molecule has 1 fully saturated rings. The maximum atomic E-state index is 11.3. The van der Waals surface area contributed by atoms with Gasteiger partial charge < -0.3 is 15.7 Å². The summed E-state index contributed by atoms with van der Waals surface area (Å²) in [7, 11) is 0. The Bertz CT molecular complexity index is 689. The second-order valence-corrected chi connectivity index (χ2v) is 5.37. The van der Waals surface area contributed by atoms with E-state index in [9.17, 15) is 9.90 Å². The van der Waals surface area contributed by atoms with E-state index in [2.05, 4.69) is 9.88 Å². The lowest BCUT2D eigenvalue weighted by molar-refractivity contribution is 0.0699. The van der Waals surface area contributed by atoms with E-state index in [4.69, 9.17) is 17.3 Å². The summed E-state index contributed by atoms with van der Waals surface area (Å²) in [6.07, 6.45) is 0.945. The SMILES string of the molecule is NC1CCN(c2ccc3c(C(=O)O)c(Cl)ccc3n2)C1. The Hall–Kier alpha value is -1.85. The molecule has 0 saturated carbocycles. The zero-order valence-corrected chi connectivity index (χ0v) is 11.5. The lowest BCUT2D eigenvalue weighted by atomic mass is 10.1. The summed E-state index contributed by atoms with van der Waals surface area (Å²) < 4.78 is 0. The monoisotopic (exact) mass is 291 g/mol. The van der Waals surface area contributed by atoms with Gasteiger partial charge in [-0.15, -0.1) is 0 Å². The summed E-state index contributed by atoms with van der Waals surface area (Å²) in [6.45, 7) is 1.65. The summed E-state index contributed by atoms with van der Waals surface area (Å²) >= 11 is 5.95. The van der Waals surface area contributed by atoms with Crippen LogP contribution >= 0.6 is 11.6 Å². The van der Waals surface area contributed by atoms with Crippen LogP contribution in [0.2, 0.25) is 5.02 Å². The molecular formula is C14H14ClN3O2. The van der Waals surface area contributed by atoms with Gasteiger partial charge in [-0.2, -0.15) is 0 Å². The van der Waals surface area contributed by atoms with E-state index >= 15 is 0 Å². The van der Waals surface area contributed by atoms with Gasteiger partial charge >= 0.3 is 5.97 Å². The van der Waals surface area contributed by atoms with Crippen LogP contribution in [0.5, 0.6) is 0 Å². The number of anilines is 1. The fourth-order valence-electron chi connectivity index (χ4n) is 2.56. The van der Waals surface area contributed by atoms with Crippen molar-refractivity contribution in [1.82, 2.24) is 4.98 Å². The first-order valence-electron chi connectivity index (χ1n) is 6.39. The number of halogens is 1. The standard InChI is InChI=1S/C14H14ClN3O2/c15-10-2-3-11-9(13(10)14(19)20)1-4-12(17-11)18-6-5-8(16)7-18/h1-4,8H,5-7,16H2,(H,19,20). The fraction of sp³-hybridized carbons (Fsp3) is 0.286. The Morgan fingerprint density at radius 1 is 1.40 bits per heavy atom. The zero-order chi connectivity index (χ0) is 14.3. The minimum absolute atomic E-state index is 0.0985. The van der Waals surface area contributed by atoms with Crippen molar-refractivity contribution >= 4 is 34.3 Å². The Balaban J connectivity index is 2.09. The first-order valence-corrected chi connectivity index (χ1v) is 6.77. The molecule has 1 aromatic carbocycles. The van der Waals surface area contributed by atoms with Gasteiger partial charge in [-0.3, -0.25) is 0 Å². The van der Waals surface area contributed by atoms with Crippen molar-refractivity contribution in [2.45, 2.75) is 12.5 Å². The van der Waals surface area contributed by atoms with Gasteiger partial charge in [0.15, 0.2) is 0 Å². The van der Waals surface area contributed by atoms with E-state index in [0.29, 0.717) is 10.9 Å². The summed E-state index contributed by atoms with van der Waals surface area (Å²) in [6, 6.07) is 7.07. The maximum absolute atomic E-state index is 11.3. The molecular weight excluding hydrogens is 278 g/mol. The number of aromatic carboxylic acids is 1. The van der Waals surface area contributed by atoms with Crippen LogP contribution < -0.4 is 10.6 Å². The second kappa shape index (κ2) is 4.92. The van der Waals surface area contributed by atoms with Gasteiger partial charge in [0.1, 0.15) is 5.82 Å². The maximum Gasteiger partial charge on any atom is 0.337 e. The van der Waals surface area contributed by atoms with Crippen molar-refractivity contribution in [3.63, 3.8) is 0 Å². The zero-order valence-electron chi connectivity index (χ0n) is 10.7. The lowest BCUT2D eigenvalue weighted by Crippen LogP contribution is -2.26. The highest BCUT2D eigenvalue weighted by molar-refractivity contribution is 6.35. The number of rotatable bonds is 2. The summed E-state index contributed by atoms with van der Waals surface area (Å²) in [5.74, 6) is -0.220. The van der Waals surface area contributed by atoms with Crippen molar-refractivity contribution in [1.29, 1.82) is 0 Å². The van der Waals surface area contributed by atoms with E-state index < -0.39 is 5.97 Å². The number of pyridine rings is 1. The van der Waals surface area contributed by atoms with Crippen LogP contribution in [0.3, 0.4) is 0 Å². The highest BCUT2D eigenvalue weighted by atomic mass is 35.5. The topological polar surface area (TPSA) is 79.5 Å². The number of carbonyl (C=O) groups is 1. The molecule has 20 heavy (non-hydrogen) atoms. The molecule has 0 amide bonds. The minimum Gasteiger partial charge on any atom is -0.478 e. The third-order valence-corrected chi connectivity index (χ3v) is 3.88. The third-order valence-electron chi connectivity index (χ3n) is 3.57. The van der Waals surface area contributed by atoms with Crippen LogP contribution in [0.1, 0.15) is 16.8 Å². The number of hydrogen-bond donors (Lipinski definition) is 2. The number of nitrogens with zero attached hydrogens (tertiary/aromatic N) is 2. The smallest absolute Gasteiger partial charge is 0.337 e. The van der Waals surface area contributed by atoms with Gasteiger partial charge in [0.05, 0.1) is 16.1 Å². The van der Waals surface area contributed by atoms with Gasteiger partial charge in [-0.05, 0) is 30.7 Å². The predicted octanol–water partition coefficient (Wildman–Crippen LogP) is 2.12. The van der Waals surface area contributed by atoms with Crippen molar-refractivity contribution in [3.05, 3.63) is 34.9 Å². The number of fused-ring (bicyclic) bond motifs is 1. The normalized spacial score (nSPS) is 18.7. The number of hydrogen-bond acceptors (Lipinski definition) is 4. The van der Waals surface area contributed by atoms with E-state index in [0.717, 1.165) is 25.3 Å². The molecule has 3 rings (SSSR count). The van der Waals surface area contributed by atoms with Crippen LogP contribution in [0.25, 0.3) is 10.9 Å². The molecule has 1 aliphatic rings. The molecule has 1 unspecified atom stereocenters. The van der Waals surface area contributed by atoms with Crippen LogP contribution in [-0.4, -0.2) is 35.2 Å². The van der Waals surface area contributed by atoms with E-state index in [1.807, 2.05) is 6.07 Å². The largest absolute Gasteiger partial charge is 0.478 e. The molecule has 1 saturated heterocycles. The molecule has 0 aliphatic carbocycles. The Morgan fingerprint density at radius 2 is 2.20 bits per heavy atom. The quantitative estimate of drug-likeness (QED) is 0.886. The van der Waals surface area contributed by atoms with E-state index in [1.54, 1.807) is 18.2 Å². The van der Waals surface area contributed by atoms with Crippen molar-refractivity contribution in [3.8, 4) is 0 Å². The highest BCUT2D eigenvalue weighted by Crippen LogP contribution is 2.28. The Morgan fingerprint density at radius 3 is 2.85 bits per heavy atom. The molecule has 1 aliphatic heterocycles. The number of benzene rings is 1. The third kappa shape index (κ3) is 2.19. The molecule has 2 aromatic rings. The lowest BCUT2D eigenvalue weighted by Gasteiger charge is -2.17. The van der Waals surface area contributed by atoms with Crippen LogP contribution in [-0.2, 0) is 0 Å². The average molecular weight is 292 g/mol. The fourth-order valence-corrected chi connectivity index (χ4v) is 2.80. The van der Waals surface area contributed by atoms with Gasteiger partial charge in [-0.25, -0.2) is 9.78 Å². The average Bonchev–Trinajstić information content (AvgIpc) is 2.84. The second-order valence-electron chi connectivity index (χ2n) is 4.96. The van der Waals surface area contributed by atoms with E-state index in [-0.39, 0.29) is 16.6 Å². The number of carboxylic acids is 1. The molecule has 5 nitrogen and oxygen atoms in total. The van der Waals surface area contributed by atoms with Crippen LogP contribution in [0.15, 0.2) is 24.3 Å². The first kappa shape index (κ1) is 13.1. The van der Waals surface area contributed by atoms with Gasteiger partial charge in [-0.1, -0.05) is 11.6 Å². The molecule has 1 atom stereocenters. The first-order chi connectivity index (χ1) is 9.56. The van der Waals surface area contributed by atoms with Gasteiger partial charge in [0.25, 0.3) is 0 Å². The Kier molecular flexibility index (Phi) is 3.23. The van der Waals surface area contributed by atoms with E-state index in [1.165, 1.54) is 0 Å². The Labute approximate surface area is 121 Å². The van der Waals surface area contributed by atoms with Gasteiger partial charge in [0.2, 0.25) is 0 Å². The summed E-state index contributed by atoms with van der Waals surface area (Å²) in [5, 5.41) is 10.0. The molecule has 104 valence electrons. The van der Waals surface area contributed by atoms with Crippen LogP contribution in [0, 0.1) is 0 Å². The van der Waals surface area contributed by atoms with Crippen molar-refractivity contribution in [2.24, 2.45) is 5.73 Å². The summed E-state index contributed by atoms with van der Waals surface area (Å²) in [4.78, 5) is 17.9. The predicted molar refractivity (Wildman–Crippen MR) is 78.5 cm³/mol. The van der Waals surface area contributed by atoms with Crippen molar-refractivity contribution in [2.75, 3.05) is 18.0 Å².